The molecule has 2 aromatic rings. The molecule has 4 amide bonds. The SMILES string of the molecule is O=C(NCCSCc1ccccc1)C1CCC2C(=O)N(c3ccccc3)C(=O)NC2C1. The lowest BCUT2D eigenvalue weighted by Crippen LogP contribution is -2.62. The predicted octanol–water partition coefficient (Wildman–Crippen LogP) is 3.58. The highest BCUT2D eigenvalue weighted by molar-refractivity contribution is 7.98. The number of fused-ring (bicyclic) bond motifs is 1. The Balaban J connectivity index is 1.25. The van der Waals surface area contributed by atoms with Gasteiger partial charge in [0.25, 0.3) is 0 Å². The summed E-state index contributed by atoms with van der Waals surface area (Å²) >= 11 is 1.79. The summed E-state index contributed by atoms with van der Waals surface area (Å²) in [4.78, 5) is 39.4. The van der Waals surface area contributed by atoms with E-state index in [9.17, 15) is 14.4 Å². The smallest absolute Gasteiger partial charge is 0.328 e. The molecule has 0 aromatic heterocycles. The number of benzene rings is 2. The van der Waals surface area contributed by atoms with Crippen LogP contribution in [0.25, 0.3) is 0 Å². The summed E-state index contributed by atoms with van der Waals surface area (Å²) in [5.41, 5.74) is 1.86. The molecule has 1 heterocycles. The number of para-hydroxylation sites is 1. The van der Waals surface area contributed by atoms with E-state index in [4.69, 9.17) is 0 Å². The normalized spacial score (nSPS) is 23.1. The number of carbonyl (C=O) groups excluding carboxylic acids is 3. The highest BCUT2D eigenvalue weighted by Gasteiger charge is 2.45. The summed E-state index contributed by atoms with van der Waals surface area (Å²) < 4.78 is 0. The molecule has 1 saturated carbocycles. The van der Waals surface area contributed by atoms with E-state index in [1.54, 1.807) is 36.0 Å². The van der Waals surface area contributed by atoms with Gasteiger partial charge in [-0.15, -0.1) is 0 Å². The molecule has 3 unspecified atom stereocenters. The summed E-state index contributed by atoms with van der Waals surface area (Å²) in [6.45, 7) is 0.619. The van der Waals surface area contributed by atoms with Crippen molar-refractivity contribution >= 4 is 35.3 Å². The Labute approximate surface area is 186 Å². The first-order chi connectivity index (χ1) is 15.1. The third kappa shape index (κ3) is 5.10. The average Bonchev–Trinajstić information content (AvgIpc) is 2.80. The first kappa shape index (κ1) is 21.4. The lowest BCUT2D eigenvalue weighted by atomic mass is 9.76. The van der Waals surface area contributed by atoms with E-state index < -0.39 is 6.03 Å². The second-order valence-corrected chi connectivity index (χ2v) is 9.12. The minimum Gasteiger partial charge on any atom is -0.355 e. The fourth-order valence-corrected chi connectivity index (χ4v) is 5.15. The number of hydrogen-bond acceptors (Lipinski definition) is 4. The summed E-state index contributed by atoms with van der Waals surface area (Å²) in [7, 11) is 0. The number of carbonyl (C=O) groups is 3. The standard InChI is InChI=1S/C24H27N3O3S/c28-22(25-13-14-31-16-17-7-3-1-4-8-17)18-11-12-20-21(15-18)26-24(30)27(23(20)29)19-9-5-2-6-10-19/h1-10,18,20-21H,11-16H2,(H,25,28)(H,26,30). The van der Waals surface area contributed by atoms with Crippen LogP contribution in [0.15, 0.2) is 60.7 Å². The van der Waals surface area contributed by atoms with E-state index >= 15 is 0 Å². The minimum absolute atomic E-state index is 0.0194. The maximum atomic E-state index is 13.0. The zero-order chi connectivity index (χ0) is 21.6. The molecule has 2 N–H and O–H groups in total. The highest BCUT2D eigenvalue weighted by atomic mass is 32.2. The van der Waals surface area contributed by atoms with Crippen LogP contribution >= 0.6 is 11.8 Å². The molecule has 162 valence electrons. The maximum absolute atomic E-state index is 13.0. The van der Waals surface area contributed by atoms with Crippen molar-refractivity contribution in [1.29, 1.82) is 0 Å². The number of imide groups is 1. The van der Waals surface area contributed by atoms with Gasteiger partial charge in [-0.1, -0.05) is 48.5 Å². The molecule has 6 nitrogen and oxygen atoms in total. The third-order valence-corrected chi connectivity index (χ3v) is 6.97. The molecule has 7 heteroatoms. The summed E-state index contributed by atoms with van der Waals surface area (Å²) in [6.07, 6.45) is 1.77. The lowest BCUT2D eigenvalue weighted by molar-refractivity contribution is -0.130. The van der Waals surface area contributed by atoms with E-state index in [0.29, 0.717) is 31.5 Å². The average molecular weight is 438 g/mol. The zero-order valence-corrected chi connectivity index (χ0v) is 18.1. The number of hydrogen-bond donors (Lipinski definition) is 2. The lowest BCUT2D eigenvalue weighted by Gasteiger charge is -2.41. The molecule has 3 atom stereocenters. The van der Waals surface area contributed by atoms with Gasteiger partial charge in [-0.05, 0) is 37.0 Å². The molecule has 1 saturated heterocycles. The van der Waals surface area contributed by atoms with Gasteiger partial charge in [0.05, 0.1) is 11.6 Å². The number of anilines is 1. The molecule has 0 spiro atoms. The van der Waals surface area contributed by atoms with E-state index in [0.717, 1.165) is 11.5 Å². The van der Waals surface area contributed by atoms with Crippen molar-refractivity contribution in [1.82, 2.24) is 10.6 Å². The van der Waals surface area contributed by atoms with Crippen molar-refractivity contribution in [3.05, 3.63) is 66.2 Å². The molecule has 2 aliphatic rings. The quantitative estimate of drug-likeness (QED) is 0.649. The van der Waals surface area contributed by atoms with Crippen LogP contribution in [0.4, 0.5) is 10.5 Å². The van der Waals surface area contributed by atoms with Gasteiger partial charge in [0, 0.05) is 30.0 Å². The predicted molar refractivity (Wildman–Crippen MR) is 123 cm³/mol. The molecule has 2 fully saturated rings. The molecular weight excluding hydrogens is 410 g/mol. The van der Waals surface area contributed by atoms with Gasteiger partial charge in [-0.2, -0.15) is 11.8 Å². The minimum atomic E-state index is -0.407. The Morgan fingerprint density at radius 2 is 1.74 bits per heavy atom. The van der Waals surface area contributed by atoms with Crippen LogP contribution in [-0.2, 0) is 15.3 Å². The highest BCUT2D eigenvalue weighted by Crippen LogP contribution is 2.34. The van der Waals surface area contributed by atoms with Crippen molar-refractivity contribution in [2.24, 2.45) is 11.8 Å². The molecule has 4 rings (SSSR count). The first-order valence-electron chi connectivity index (χ1n) is 10.7. The van der Waals surface area contributed by atoms with Crippen LogP contribution in [0.5, 0.6) is 0 Å². The van der Waals surface area contributed by atoms with Crippen LogP contribution in [-0.4, -0.2) is 36.2 Å². The third-order valence-electron chi connectivity index (χ3n) is 5.94. The largest absolute Gasteiger partial charge is 0.355 e. The van der Waals surface area contributed by atoms with Gasteiger partial charge in [0.15, 0.2) is 0 Å². The van der Waals surface area contributed by atoms with Gasteiger partial charge in [0.1, 0.15) is 0 Å². The maximum Gasteiger partial charge on any atom is 0.328 e. The van der Waals surface area contributed by atoms with E-state index in [-0.39, 0.29) is 29.7 Å². The molecule has 31 heavy (non-hydrogen) atoms. The van der Waals surface area contributed by atoms with Gasteiger partial charge in [-0.25, -0.2) is 9.69 Å². The summed E-state index contributed by atoms with van der Waals surface area (Å²) in [5.74, 6) is 1.18. The van der Waals surface area contributed by atoms with E-state index in [1.165, 1.54) is 10.5 Å². The van der Waals surface area contributed by atoms with Crippen LogP contribution < -0.4 is 15.5 Å². The Kier molecular flexibility index (Phi) is 6.92. The molecule has 0 bridgehead atoms. The second kappa shape index (κ2) is 10.0. The number of rotatable bonds is 7. The monoisotopic (exact) mass is 437 g/mol. The van der Waals surface area contributed by atoms with Gasteiger partial charge >= 0.3 is 6.03 Å². The fraction of sp³-hybridized carbons (Fsp3) is 0.375. The molecular formula is C24H27N3O3S. The number of urea groups is 1. The van der Waals surface area contributed by atoms with Crippen molar-refractivity contribution in [2.45, 2.75) is 31.1 Å². The fourth-order valence-electron chi connectivity index (χ4n) is 4.33. The van der Waals surface area contributed by atoms with Crippen molar-refractivity contribution < 1.29 is 14.4 Å². The van der Waals surface area contributed by atoms with Crippen LogP contribution in [0, 0.1) is 11.8 Å². The second-order valence-electron chi connectivity index (χ2n) is 8.01. The summed E-state index contributed by atoms with van der Waals surface area (Å²) in [6, 6.07) is 18.6. The van der Waals surface area contributed by atoms with Crippen molar-refractivity contribution in [2.75, 3.05) is 17.2 Å². The number of thioether (sulfide) groups is 1. The number of nitrogens with one attached hydrogen (secondary N) is 2. The molecule has 0 radical (unpaired) electrons. The van der Waals surface area contributed by atoms with Crippen LogP contribution in [0.1, 0.15) is 24.8 Å². The van der Waals surface area contributed by atoms with Gasteiger partial charge in [-0.3, -0.25) is 9.59 Å². The summed E-state index contributed by atoms with van der Waals surface area (Å²) in [5, 5.41) is 5.98. The first-order valence-corrected chi connectivity index (χ1v) is 11.9. The van der Waals surface area contributed by atoms with Crippen molar-refractivity contribution in [3.63, 3.8) is 0 Å². The van der Waals surface area contributed by atoms with E-state index in [1.807, 2.05) is 24.3 Å². The Bertz CT molecular complexity index is 922. The van der Waals surface area contributed by atoms with E-state index in [2.05, 4.69) is 22.8 Å². The molecule has 1 aliphatic carbocycles. The topological polar surface area (TPSA) is 78.5 Å². The Hall–Kier alpha value is -2.80. The Morgan fingerprint density at radius 1 is 1.03 bits per heavy atom. The number of nitrogens with zero attached hydrogens (tertiary/aromatic N) is 1. The van der Waals surface area contributed by atoms with Crippen LogP contribution in [0.3, 0.4) is 0 Å². The number of amides is 4. The van der Waals surface area contributed by atoms with Crippen molar-refractivity contribution in [3.8, 4) is 0 Å². The van der Waals surface area contributed by atoms with Gasteiger partial charge < -0.3 is 10.6 Å². The van der Waals surface area contributed by atoms with Crippen LogP contribution in [0.2, 0.25) is 0 Å². The Morgan fingerprint density at radius 3 is 2.48 bits per heavy atom. The zero-order valence-electron chi connectivity index (χ0n) is 17.3. The molecule has 1 aliphatic heterocycles. The van der Waals surface area contributed by atoms with Gasteiger partial charge in [0.2, 0.25) is 11.8 Å². The molecule has 2 aromatic carbocycles.